The molecule has 2 rings (SSSR count). The summed E-state index contributed by atoms with van der Waals surface area (Å²) >= 11 is 0. The van der Waals surface area contributed by atoms with Gasteiger partial charge < -0.3 is 14.7 Å². The second-order valence-electron chi connectivity index (χ2n) is 4.74. The summed E-state index contributed by atoms with van der Waals surface area (Å²) < 4.78 is 5.07. The van der Waals surface area contributed by atoms with Crippen LogP contribution in [0.25, 0.3) is 0 Å². The van der Waals surface area contributed by atoms with Crippen molar-refractivity contribution >= 4 is 5.91 Å². The van der Waals surface area contributed by atoms with Crippen LogP contribution in [0.4, 0.5) is 0 Å². The van der Waals surface area contributed by atoms with Gasteiger partial charge in [0, 0.05) is 29.9 Å². The summed E-state index contributed by atoms with van der Waals surface area (Å²) in [6, 6.07) is 3.43. The number of aryl methyl sites for hydroxylation is 1. The SMILES string of the molecule is COc1cc(C(=O)N2CC(O)CC2C)cc(C)n1. The van der Waals surface area contributed by atoms with Crippen molar-refractivity contribution in [3.63, 3.8) is 0 Å². The highest BCUT2D eigenvalue weighted by molar-refractivity contribution is 5.95. The molecule has 0 aliphatic carbocycles. The number of methoxy groups -OCH3 is 1. The fraction of sp³-hybridized carbons (Fsp3) is 0.538. The van der Waals surface area contributed by atoms with Crippen LogP contribution in [0, 0.1) is 6.92 Å². The number of rotatable bonds is 2. The topological polar surface area (TPSA) is 62.7 Å². The van der Waals surface area contributed by atoms with Gasteiger partial charge in [-0.15, -0.1) is 0 Å². The number of aromatic nitrogens is 1. The Balaban J connectivity index is 2.26. The van der Waals surface area contributed by atoms with E-state index in [4.69, 9.17) is 4.74 Å². The fourth-order valence-corrected chi connectivity index (χ4v) is 2.32. The van der Waals surface area contributed by atoms with E-state index in [1.54, 1.807) is 17.0 Å². The van der Waals surface area contributed by atoms with Gasteiger partial charge in [-0.3, -0.25) is 4.79 Å². The molecule has 2 heterocycles. The van der Waals surface area contributed by atoms with Gasteiger partial charge in [0.1, 0.15) is 0 Å². The Hall–Kier alpha value is -1.62. The molecule has 5 nitrogen and oxygen atoms in total. The van der Waals surface area contributed by atoms with Crippen LogP contribution >= 0.6 is 0 Å². The molecule has 98 valence electrons. The molecule has 2 atom stereocenters. The lowest BCUT2D eigenvalue weighted by molar-refractivity contribution is 0.0725. The molecule has 5 heteroatoms. The zero-order chi connectivity index (χ0) is 13.3. The van der Waals surface area contributed by atoms with Crippen LogP contribution in [0.2, 0.25) is 0 Å². The Morgan fingerprint density at radius 3 is 2.83 bits per heavy atom. The third kappa shape index (κ3) is 2.46. The number of likely N-dealkylation sites (tertiary alicyclic amines) is 1. The highest BCUT2D eigenvalue weighted by Gasteiger charge is 2.31. The van der Waals surface area contributed by atoms with Crippen LogP contribution in [0.15, 0.2) is 12.1 Å². The third-order valence-corrected chi connectivity index (χ3v) is 3.20. The maximum Gasteiger partial charge on any atom is 0.254 e. The standard InChI is InChI=1S/C13H18N2O3/c1-8-4-10(6-12(14-8)18-3)13(17)15-7-11(16)5-9(15)2/h4,6,9,11,16H,5,7H2,1-3H3. The van der Waals surface area contributed by atoms with Crippen LogP contribution in [0.5, 0.6) is 5.88 Å². The number of hydrogen-bond acceptors (Lipinski definition) is 4. The number of hydrogen-bond donors (Lipinski definition) is 1. The highest BCUT2D eigenvalue weighted by Crippen LogP contribution is 2.21. The number of pyridine rings is 1. The number of nitrogens with zero attached hydrogens (tertiary/aromatic N) is 2. The zero-order valence-electron chi connectivity index (χ0n) is 10.9. The fourth-order valence-electron chi connectivity index (χ4n) is 2.32. The smallest absolute Gasteiger partial charge is 0.254 e. The molecular formula is C13H18N2O3. The molecule has 1 fully saturated rings. The Bertz CT molecular complexity index is 462. The van der Waals surface area contributed by atoms with E-state index in [-0.39, 0.29) is 11.9 Å². The lowest BCUT2D eigenvalue weighted by Crippen LogP contribution is -2.34. The number of carbonyl (C=O) groups is 1. The number of amides is 1. The summed E-state index contributed by atoms with van der Waals surface area (Å²) in [5, 5.41) is 9.59. The van der Waals surface area contributed by atoms with Crippen molar-refractivity contribution in [1.82, 2.24) is 9.88 Å². The minimum atomic E-state index is -0.422. The Morgan fingerprint density at radius 1 is 1.56 bits per heavy atom. The largest absolute Gasteiger partial charge is 0.481 e. The first kappa shape index (κ1) is 12.8. The van der Waals surface area contributed by atoms with E-state index in [1.165, 1.54) is 7.11 Å². The molecule has 0 bridgehead atoms. The van der Waals surface area contributed by atoms with Gasteiger partial charge in [0.2, 0.25) is 5.88 Å². The molecule has 0 spiro atoms. The van der Waals surface area contributed by atoms with Gasteiger partial charge in [0.05, 0.1) is 13.2 Å². The molecule has 0 radical (unpaired) electrons. The zero-order valence-corrected chi connectivity index (χ0v) is 10.9. The number of β-amino-alcohol motifs (C(OH)–C–C–N with tert-alkyl or cyclic N) is 1. The monoisotopic (exact) mass is 250 g/mol. The third-order valence-electron chi connectivity index (χ3n) is 3.20. The molecular weight excluding hydrogens is 232 g/mol. The minimum absolute atomic E-state index is 0.0620. The van der Waals surface area contributed by atoms with Gasteiger partial charge in [-0.1, -0.05) is 0 Å². The number of aliphatic hydroxyl groups is 1. The molecule has 1 aliphatic heterocycles. The molecule has 18 heavy (non-hydrogen) atoms. The molecule has 2 unspecified atom stereocenters. The normalized spacial score (nSPS) is 23.2. The van der Waals surface area contributed by atoms with E-state index in [9.17, 15) is 9.90 Å². The maximum absolute atomic E-state index is 12.4. The van der Waals surface area contributed by atoms with Gasteiger partial charge in [-0.25, -0.2) is 4.98 Å². The van der Waals surface area contributed by atoms with Crippen LogP contribution < -0.4 is 4.74 Å². The first-order chi connectivity index (χ1) is 8.51. The van der Waals surface area contributed by atoms with Crippen molar-refractivity contribution in [2.75, 3.05) is 13.7 Å². The molecule has 1 aromatic heterocycles. The van der Waals surface area contributed by atoms with E-state index >= 15 is 0 Å². The van der Waals surface area contributed by atoms with Crippen molar-refractivity contribution in [2.45, 2.75) is 32.4 Å². The van der Waals surface area contributed by atoms with Gasteiger partial charge in [-0.2, -0.15) is 0 Å². The molecule has 1 saturated heterocycles. The summed E-state index contributed by atoms with van der Waals surface area (Å²) in [5.74, 6) is 0.355. The van der Waals surface area contributed by atoms with Crippen LogP contribution in [0.1, 0.15) is 29.4 Å². The summed E-state index contributed by atoms with van der Waals surface area (Å²) in [6.07, 6.45) is 0.209. The Kier molecular flexibility index (Phi) is 3.52. The first-order valence-electron chi connectivity index (χ1n) is 6.03. The summed E-state index contributed by atoms with van der Waals surface area (Å²) in [6.45, 7) is 4.16. The molecule has 0 aromatic carbocycles. The molecule has 1 amide bonds. The summed E-state index contributed by atoms with van der Waals surface area (Å²) in [5.41, 5.74) is 1.30. The van der Waals surface area contributed by atoms with Crippen molar-refractivity contribution in [3.05, 3.63) is 23.4 Å². The van der Waals surface area contributed by atoms with Crippen molar-refractivity contribution < 1.29 is 14.6 Å². The maximum atomic E-state index is 12.4. The van der Waals surface area contributed by atoms with Crippen molar-refractivity contribution in [2.24, 2.45) is 0 Å². The molecule has 1 N–H and O–H groups in total. The van der Waals surface area contributed by atoms with E-state index in [0.717, 1.165) is 5.69 Å². The Morgan fingerprint density at radius 2 is 2.28 bits per heavy atom. The van der Waals surface area contributed by atoms with Gasteiger partial charge in [0.15, 0.2) is 0 Å². The van der Waals surface area contributed by atoms with E-state index in [0.29, 0.717) is 24.4 Å². The average Bonchev–Trinajstić information content (AvgIpc) is 2.66. The second kappa shape index (κ2) is 4.94. The first-order valence-corrected chi connectivity index (χ1v) is 6.03. The van der Waals surface area contributed by atoms with Crippen molar-refractivity contribution in [3.8, 4) is 5.88 Å². The predicted octanol–water partition coefficient (Wildman–Crippen LogP) is 0.994. The van der Waals surface area contributed by atoms with Gasteiger partial charge in [0.25, 0.3) is 5.91 Å². The van der Waals surface area contributed by atoms with Gasteiger partial charge >= 0.3 is 0 Å². The minimum Gasteiger partial charge on any atom is -0.481 e. The number of ether oxygens (including phenoxy) is 1. The van der Waals surface area contributed by atoms with Crippen LogP contribution in [-0.2, 0) is 0 Å². The summed E-state index contributed by atoms with van der Waals surface area (Å²) in [4.78, 5) is 18.2. The number of aliphatic hydroxyl groups excluding tert-OH is 1. The van der Waals surface area contributed by atoms with Crippen molar-refractivity contribution in [1.29, 1.82) is 0 Å². The highest BCUT2D eigenvalue weighted by atomic mass is 16.5. The molecule has 0 saturated carbocycles. The predicted molar refractivity (Wildman–Crippen MR) is 66.6 cm³/mol. The average molecular weight is 250 g/mol. The summed E-state index contributed by atoms with van der Waals surface area (Å²) in [7, 11) is 1.53. The van der Waals surface area contributed by atoms with Gasteiger partial charge in [-0.05, 0) is 26.3 Å². The lowest BCUT2D eigenvalue weighted by atomic mass is 10.2. The Labute approximate surface area is 106 Å². The van der Waals surface area contributed by atoms with E-state index in [2.05, 4.69) is 4.98 Å². The molecule has 1 aromatic rings. The quantitative estimate of drug-likeness (QED) is 0.850. The number of carbonyl (C=O) groups excluding carboxylic acids is 1. The lowest BCUT2D eigenvalue weighted by Gasteiger charge is -2.21. The van der Waals surface area contributed by atoms with Crippen LogP contribution in [0.3, 0.4) is 0 Å². The molecule has 1 aliphatic rings. The van der Waals surface area contributed by atoms with E-state index in [1.807, 2.05) is 13.8 Å². The van der Waals surface area contributed by atoms with Crippen LogP contribution in [-0.4, -0.2) is 46.7 Å². The second-order valence-corrected chi connectivity index (χ2v) is 4.74. The van der Waals surface area contributed by atoms with E-state index < -0.39 is 6.10 Å².